The molecule has 1 heterocycles. The molecule has 1 aliphatic carbocycles. The summed E-state index contributed by atoms with van der Waals surface area (Å²) < 4.78 is 9.99. The van der Waals surface area contributed by atoms with Crippen molar-refractivity contribution < 1.29 is 34.2 Å². The highest BCUT2D eigenvalue weighted by Crippen LogP contribution is 2.34. The zero-order chi connectivity index (χ0) is 23.4. The molecule has 2 aliphatic rings. The summed E-state index contributed by atoms with van der Waals surface area (Å²) in [7, 11) is 0. The lowest BCUT2D eigenvalue weighted by atomic mass is 9.83. The van der Waals surface area contributed by atoms with E-state index in [1.54, 1.807) is 30.2 Å². The molecule has 4 N–H and O–H groups in total. The maximum atomic E-state index is 12.8. The number of ether oxygens (including phenoxy) is 2. The number of oxime groups is 1. The highest BCUT2D eigenvalue weighted by molar-refractivity contribution is 6.32. The molecule has 170 valence electrons. The third kappa shape index (κ3) is 4.86. The number of nitrogens with zero attached hydrogens (tertiary/aromatic N) is 2. The molecule has 0 fully saturated rings. The Labute approximate surface area is 188 Å². The number of hydrogen-bond donors (Lipinski definition) is 3. The average molecular weight is 464 g/mol. The zero-order valence-electron chi connectivity index (χ0n) is 17.2. The van der Waals surface area contributed by atoms with Crippen LogP contribution in [0.2, 0.25) is 5.02 Å². The lowest BCUT2D eigenvalue weighted by Crippen LogP contribution is -2.38. The number of carbonyl (C=O) groups excluding carboxylic acids is 3. The molecule has 0 amide bonds. The van der Waals surface area contributed by atoms with Gasteiger partial charge in [0.2, 0.25) is 0 Å². The lowest BCUT2D eigenvalue weighted by molar-refractivity contribution is -0.145. The first-order chi connectivity index (χ1) is 15.2. The van der Waals surface area contributed by atoms with Crippen LogP contribution in [-0.4, -0.2) is 64.9 Å². The second-order valence-corrected chi connectivity index (χ2v) is 7.60. The highest BCUT2D eigenvalue weighted by Gasteiger charge is 2.38. The molecule has 11 heteroatoms. The van der Waals surface area contributed by atoms with E-state index in [4.69, 9.17) is 32.0 Å². The molecular formula is C21H22ClN3O7. The molecule has 0 saturated heterocycles. The topological polar surface area (TPSA) is 152 Å². The number of phenols is 1. The number of hydrogen-bond acceptors (Lipinski definition) is 9. The molecule has 0 spiro atoms. The first-order valence-corrected chi connectivity index (χ1v) is 10.1. The van der Waals surface area contributed by atoms with E-state index in [-0.39, 0.29) is 53.4 Å². The van der Waals surface area contributed by atoms with Gasteiger partial charge in [-0.3, -0.25) is 9.59 Å². The Kier molecular flexibility index (Phi) is 7.04. The number of esters is 1. The fourth-order valence-electron chi connectivity index (χ4n) is 3.53. The van der Waals surface area contributed by atoms with Crippen molar-refractivity contribution in [2.45, 2.75) is 6.92 Å². The van der Waals surface area contributed by atoms with Gasteiger partial charge in [-0.2, -0.15) is 0 Å². The predicted molar refractivity (Wildman–Crippen MR) is 114 cm³/mol. The third-order valence-corrected chi connectivity index (χ3v) is 5.36. The van der Waals surface area contributed by atoms with Gasteiger partial charge in [-0.25, -0.2) is 4.79 Å². The number of fused-ring (bicyclic) bond motifs is 1. The Hall–Kier alpha value is -3.53. The minimum atomic E-state index is -0.817. The van der Waals surface area contributed by atoms with Crippen LogP contribution in [0.3, 0.4) is 0 Å². The van der Waals surface area contributed by atoms with Crippen molar-refractivity contribution in [3.8, 4) is 11.5 Å². The zero-order valence-corrected chi connectivity index (χ0v) is 17.9. The number of ketones is 2. The van der Waals surface area contributed by atoms with Crippen molar-refractivity contribution in [1.29, 1.82) is 0 Å². The van der Waals surface area contributed by atoms with Gasteiger partial charge in [0, 0.05) is 18.8 Å². The number of halogens is 1. The molecule has 1 aliphatic heterocycles. The van der Waals surface area contributed by atoms with Crippen molar-refractivity contribution in [3.63, 3.8) is 0 Å². The number of nitrogens with two attached hydrogens (primary N) is 1. The first kappa shape index (κ1) is 23.1. The van der Waals surface area contributed by atoms with E-state index in [9.17, 15) is 19.5 Å². The van der Waals surface area contributed by atoms with Gasteiger partial charge in [0.25, 0.3) is 0 Å². The van der Waals surface area contributed by atoms with Gasteiger partial charge >= 0.3 is 5.97 Å². The van der Waals surface area contributed by atoms with E-state index >= 15 is 0 Å². The number of rotatable bonds is 8. The summed E-state index contributed by atoms with van der Waals surface area (Å²) in [6.07, 6.45) is 4.95. The minimum absolute atomic E-state index is 0.0249. The molecular weight excluding hydrogens is 442 g/mol. The normalized spacial score (nSPS) is 20.1. The standard InChI is InChI=1S/C21H22ClN3O7/c1-2-31-19(28)10-32-18-6-16(26)13(5-15(18)22)17(27)9-25-7-11-3-4-12(21(23)24-30)20(29)14(11)8-25/h3-7,12,14,26,30H,2,8-10H2,1H3,(H2,23,24). The maximum absolute atomic E-state index is 12.8. The lowest BCUT2D eigenvalue weighted by Gasteiger charge is -2.22. The van der Waals surface area contributed by atoms with E-state index in [0.717, 1.165) is 11.6 Å². The van der Waals surface area contributed by atoms with E-state index in [0.29, 0.717) is 0 Å². The maximum Gasteiger partial charge on any atom is 0.344 e. The Morgan fingerprint density at radius 2 is 2.12 bits per heavy atom. The number of amidine groups is 1. The second kappa shape index (κ2) is 9.73. The van der Waals surface area contributed by atoms with Gasteiger partial charge in [0.05, 0.1) is 35.6 Å². The first-order valence-electron chi connectivity index (χ1n) is 9.74. The van der Waals surface area contributed by atoms with Crippen molar-refractivity contribution in [1.82, 2.24) is 4.90 Å². The fourth-order valence-corrected chi connectivity index (χ4v) is 3.75. The summed E-state index contributed by atoms with van der Waals surface area (Å²) in [6.45, 7) is 1.60. The van der Waals surface area contributed by atoms with E-state index < -0.39 is 30.2 Å². The number of Topliss-reactive ketones (excluding diaryl/α,β-unsaturated/α-hetero) is 2. The van der Waals surface area contributed by atoms with Gasteiger partial charge in [-0.1, -0.05) is 28.9 Å². The molecule has 1 aromatic rings. The SMILES string of the molecule is CCOC(=O)COc1cc(O)c(C(=O)CN2C=C3C=CC(C(N)=NO)C(=O)C3C2)cc1Cl. The number of phenolic OH excluding ortho intramolecular Hbond substituents is 1. The molecule has 0 bridgehead atoms. The molecule has 0 saturated carbocycles. The molecule has 32 heavy (non-hydrogen) atoms. The predicted octanol–water partition coefficient (Wildman–Crippen LogP) is 1.49. The van der Waals surface area contributed by atoms with Gasteiger partial charge in [-0.05, 0) is 18.6 Å². The fraction of sp³-hybridized carbons (Fsp3) is 0.333. The Morgan fingerprint density at radius 1 is 1.38 bits per heavy atom. The molecule has 1 aromatic carbocycles. The Balaban J connectivity index is 1.67. The van der Waals surface area contributed by atoms with Crippen molar-refractivity contribution in [2.24, 2.45) is 22.7 Å². The van der Waals surface area contributed by atoms with Crippen LogP contribution < -0.4 is 10.5 Å². The quantitative estimate of drug-likeness (QED) is 0.130. The summed E-state index contributed by atoms with van der Waals surface area (Å²) in [5.74, 6) is -3.08. The molecule has 2 unspecified atom stereocenters. The third-order valence-electron chi connectivity index (χ3n) is 5.06. The molecule has 10 nitrogen and oxygen atoms in total. The summed E-state index contributed by atoms with van der Waals surface area (Å²) in [5.41, 5.74) is 6.27. The van der Waals surface area contributed by atoms with Crippen LogP contribution >= 0.6 is 11.6 Å². The molecule has 0 radical (unpaired) electrons. The number of carbonyl (C=O) groups is 3. The smallest absolute Gasteiger partial charge is 0.344 e. The number of aromatic hydroxyl groups is 1. The number of benzene rings is 1. The van der Waals surface area contributed by atoms with Gasteiger partial charge in [0.15, 0.2) is 24.0 Å². The van der Waals surface area contributed by atoms with Crippen LogP contribution in [0.4, 0.5) is 0 Å². The van der Waals surface area contributed by atoms with Crippen LogP contribution in [0.5, 0.6) is 11.5 Å². The summed E-state index contributed by atoms with van der Waals surface area (Å²) in [4.78, 5) is 38.4. The largest absolute Gasteiger partial charge is 0.507 e. The van der Waals surface area contributed by atoms with Gasteiger partial charge in [0.1, 0.15) is 11.5 Å². The van der Waals surface area contributed by atoms with Crippen LogP contribution in [-0.2, 0) is 14.3 Å². The second-order valence-electron chi connectivity index (χ2n) is 7.19. The van der Waals surface area contributed by atoms with E-state index in [2.05, 4.69) is 5.16 Å². The van der Waals surface area contributed by atoms with Crippen LogP contribution in [0.1, 0.15) is 17.3 Å². The number of allylic oxidation sites excluding steroid dienone is 1. The van der Waals surface area contributed by atoms with Crippen molar-refractivity contribution in [3.05, 3.63) is 46.6 Å². The molecule has 3 rings (SSSR count). The Bertz CT molecular complexity index is 1030. The van der Waals surface area contributed by atoms with Crippen molar-refractivity contribution >= 4 is 35.0 Å². The Morgan fingerprint density at radius 3 is 2.81 bits per heavy atom. The highest BCUT2D eigenvalue weighted by atomic mass is 35.5. The van der Waals surface area contributed by atoms with Crippen LogP contribution in [0, 0.1) is 11.8 Å². The van der Waals surface area contributed by atoms with Gasteiger partial charge < -0.3 is 30.4 Å². The van der Waals surface area contributed by atoms with Crippen LogP contribution in [0.15, 0.2) is 41.2 Å². The summed E-state index contributed by atoms with van der Waals surface area (Å²) in [5, 5.41) is 22.1. The van der Waals surface area contributed by atoms with Crippen molar-refractivity contribution in [2.75, 3.05) is 26.3 Å². The monoisotopic (exact) mass is 463 g/mol. The molecule has 0 aromatic heterocycles. The van der Waals surface area contributed by atoms with Gasteiger partial charge in [-0.15, -0.1) is 0 Å². The summed E-state index contributed by atoms with van der Waals surface area (Å²) in [6, 6.07) is 2.42. The van der Waals surface area contributed by atoms with E-state index in [1.807, 2.05) is 0 Å². The van der Waals surface area contributed by atoms with Crippen LogP contribution in [0.25, 0.3) is 0 Å². The summed E-state index contributed by atoms with van der Waals surface area (Å²) >= 11 is 6.14. The average Bonchev–Trinajstić information content (AvgIpc) is 3.17. The molecule has 2 atom stereocenters. The minimum Gasteiger partial charge on any atom is -0.507 e. The van der Waals surface area contributed by atoms with E-state index in [1.165, 1.54) is 6.07 Å².